The molecule has 1 heterocycles. The van der Waals surface area contributed by atoms with Gasteiger partial charge in [-0.3, -0.25) is 14.4 Å². The van der Waals surface area contributed by atoms with Crippen LogP contribution in [0.3, 0.4) is 0 Å². The summed E-state index contributed by atoms with van der Waals surface area (Å²) < 4.78 is 10.4. The van der Waals surface area contributed by atoms with Crippen LogP contribution in [0.1, 0.15) is 18.9 Å². The van der Waals surface area contributed by atoms with Crippen LogP contribution in [0.15, 0.2) is 22.3 Å². The lowest BCUT2D eigenvalue weighted by Gasteiger charge is -2.12. The van der Waals surface area contributed by atoms with Crippen molar-refractivity contribution in [3.05, 3.63) is 17.7 Å². The van der Waals surface area contributed by atoms with E-state index in [-0.39, 0.29) is 17.5 Å². The molecule has 1 aliphatic rings. The second-order valence-electron chi connectivity index (χ2n) is 5.32. The summed E-state index contributed by atoms with van der Waals surface area (Å²) in [5.74, 6) is -0.914. The number of carboxylic acid groups (broad SMARTS) is 1. The van der Waals surface area contributed by atoms with Crippen LogP contribution in [0.4, 0.5) is 5.69 Å². The Bertz CT molecular complexity index is 823. The second-order valence-corrected chi connectivity index (χ2v) is 6.51. The number of aliphatic carboxylic acids is 1. The van der Waals surface area contributed by atoms with E-state index < -0.39 is 17.1 Å². The number of carboxylic acids is 1. The zero-order valence-corrected chi connectivity index (χ0v) is 15.6. The normalized spacial score (nSPS) is 17.8. The number of nitrogens with one attached hydrogen (secondary N) is 2. The molecule has 144 valence electrons. The van der Waals surface area contributed by atoms with Gasteiger partial charge >= 0.3 is 5.97 Å². The molecular formula is C16H18N4O6S. The molecule has 3 N–H and O–H groups in total. The molecule has 1 fully saturated rings. The van der Waals surface area contributed by atoms with Gasteiger partial charge < -0.3 is 25.2 Å². The predicted octanol–water partition coefficient (Wildman–Crippen LogP) is 1.06. The number of amidine groups is 1. The molecule has 2 rings (SSSR count). The number of carbonyl (C=O) groups is 3. The molecule has 1 atom stereocenters. The van der Waals surface area contributed by atoms with Crippen molar-refractivity contribution < 1.29 is 29.0 Å². The summed E-state index contributed by atoms with van der Waals surface area (Å²) in [5, 5.41) is 21.1. The molecule has 27 heavy (non-hydrogen) atoms. The molecule has 1 saturated heterocycles. The van der Waals surface area contributed by atoms with E-state index in [0.29, 0.717) is 22.7 Å². The smallest absolute Gasteiger partial charge is 0.305 e. The Balaban J connectivity index is 2.23. The monoisotopic (exact) mass is 394 g/mol. The van der Waals surface area contributed by atoms with Gasteiger partial charge in [0.2, 0.25) is 11.8 Å². The molecule has 1 unspecified atom stereocenters. The first-order chi connectivity index (χ1) is 12.8. The third-order valence-electron chi connectivity index (χ3n) is 3.35. The lowest BCUT2D eigenvalue weighted by atomic mass is 10.1. The molecule has 1 aromatic carbocycles. The van der Waals surface area contributed by atoms with Crippen molar-refractivity contribution in [1.82, 2.24) is 5.32 Å². The Morgan fingerprint density at radius 1 is 1.33 bits per heavy atom. The van der Waals surface area contributed by atoms with E-state index in [4.69, 9.17) is 14.6 Å². The summed E-state index contributed by atoms with van der Waals surface area (Å²) in [6.45, 7) is 1.37. The molecule has 11 heteroatoms. The topological polar surface area (TPSA) is 139 Å². The van der Waals surface area contributed by atoms with Crippen LogP contribution in [0.5, 0.6) is 11.5 Å². The highest BCUT2D eigenvalue weighted by Gasteiger charge is 2.32. The van der Waals surface area contributed by atoms with E-state index in [0.717, 1.165) is 11.8 Å². The average Bonchev–Trinajstić information content (AvgIpc) is 2.94. The Hall–Kier alpha value is -3.08. The quantitative estimate of drug-likeness (QED) is 0.464. The molecule has 1 aliphatic heterocycles. The first-order valence-electron chi connectivity index (χ1n) is 7.68. The number of hydrogen-bond acceptors (Lipinski definition) is 8. The van der Waals surface area contributed by atoms with Crippen LogP contribution >= 0.6 is 11.8 Å². The van der Waals surface area contributed by atoms with Crippen molar-refractivity contribution in [1.29, 1.82) is 0 Å². The van der Waals surface area contributed by atoms with Gasteiger partial charge in [-0.2, -0.15) is 5.10 Å². The molecule has 10 nitrogen and oxygen atoms in total. The van der Waals surface area contributed by atoms with Gasteiger partial charge in [0.25, 0.3) is 0 Å². The fourth-order valence-corrected chi connectivity index (χ4v) is 3.10. The molecular weight excluding hydrogens is 376 g/mol. The van der Waals surface area contributed by atoms with Crippen LogP contribution in [0.25, 0.3) is 0 Å². The number of methoxy groups -OCH3 is 2. The number of hydrogen-bond donors (Lipinski definition) is 3. The number of carbonyl (C=O) groups excluding carboxylic acids is 2. The zero-order valence-electron chi connectivity index (χ0n) is 14.8. The Kier molecular flexibility index (Phi) is 6.77. The van der Waals surface area contributed by atoms with Gasteiger partial charge in [-0.1, -0.05) is 11.8 Å². The standard InChI is InChI=1S/C16H18N4O6S/c1-8(21)18-10-5-12(26-3)11(25-2)4-9(10)7-17-20-16-19-15(24)13(27-16)6-14(22)23/h4-5,7,13H,6H2,1-3H3,(H,18,21)(H,22,23)(H,19,20,24). The molecule has 0 spiro atoms. The number of nitrogens with zero attached hydrogens (tertiary/aromatic N) is 2. The molecule has 0 bridgehead atoms. The third kappa shape index (κ3) is 5.45. The van der Waals surface area contributed by atoms with Crippen molar-refractivity contribution in [2.45, 2.75) is 18.6 Å². The highest BCUT2D eigenvalue weighted by Crippen LogP contribution is 2.32. The van der Waals surface area contributed by atoms with Gasteiger partial charge in [0, 0.05) is 18.6 Å². The van der Waals surface area contributed by atoms with Crippen molar-refractivity contribution in [3.8, 4) is 11.5 Å². The predicted molar refractivity (Wildman–Crippen MR) is 101 cm³/mol. The van der Waals surface area contributed by atoms with Crippen LogP contribution in [0.2, 0.25) is 0 Å². The summed E-state index contributed by atoms with van der Waals surface area (Å²) >= 11 is 0.991. The summed E-state index contributed by atoms with van der Waals surface area (Å²) in [6.07, 6.45) is 1.07. The highest BCUT2D eigenvalue weighted by molar-refractivity contribution is 8.15. The first kappa shape index (κ1) is 20.2. The van der Waals surface area contributed by atoms with Crippen LogP contribution in [-0.4, -0.2) is 53.7 Å². The number of thioether (sulfide) groups is 1. The second kappa shape index (κ2) is 9.03. The van der Waals surface area contributed by atoms with Crippen molar-refractivity contribution in [2.75, 3.05) is 19.5 Å². The lowest BCUT2D eigenvalue weighted by molar-refractivity contribution is -0.138. The number of benzene rings is 1. The minimum absolute atomic E-state index is 0.198. The number of ether oxygens (including phenoxy) is 2. The molecule has 0 aliphatic carbocycles. The van der Waals surface area contributed by atoms with Crippen LogP contribution in [-0.2, 0) is 14.4 Å². The summed E-state index contributed by atoms with van der Waals surface area (Å²) in [5.41, 5.74) is 0.944. The van der Waals surface area contributed by atoms with Crippen molar-refractivity contribution >= 4 is 46.6 Å². The highest BCUT2D eigenvalue weighted by atomic mass is 32.2. The maximum Gasteiger partial charge on any atom is 0.305 e. The van der Waals surface area contributed by atoms with Gasteiger partial charge in [0.1, 0.15) is 5.25 Å². The Labute approximate surface area is 159 Å². The number of amides is 2. The molecule has 1 aromatic rings. The molecule has 0 saturated carbocycles. The van der Waals surface area contributed by atoms with E-state index in [1.54, 1.807) is 12.1 Å². The largest absolute Gasteiger partial charge is 0.493 e. The summed E-state index contributed by atoms with van der Waals surface area (Å²) in [7, 11) is 2.95. The van der Waals surface area contributed by atoms with E-state index in [2.05, 4.69) is 20.8 Å². The van der Waals surface area contributed by atoms with Gasteiger partial charge in [0.05, 0.1) is 32.5 Å². The van der Waals surface area contributed by atoms with Gasteiger partial charge in [0.15, 0.2) is 16.7 Å². The van der Waals surface area contributed by atoms with Crippen molar-refractivity contribution in [3.63, 3.8) is 0 Å². The fourth-order valence-electron chi connectivity index (χ4n) is 2.19. The minimum atomic E-state index is -1.07. The van der Waals surface area contributed by atoms with Gasteiger partial charge in [-0.05, 0) is 6.07 Å². The van der Waals surface area contributed by atoms with E-state index in [9.17, 15) is 14.4 Å². The van der Waals surface area contributed by atoms with E-state index >= 15 is 0 Å². The maximum absolute atomic E-state index is 11.7. The van der Waals surface area contributed by atoms with Crippen molar-refractivity contribution in [2.24, 2.45) is 10.2 Å². The summed E-state index contributed by atoms with van der Waals surface area (Å²) in [4.78, 5) is 33.8. The Morgan fingerprint density at radius 3 is 2.59 bits per heavy atom. The van der Waals surface area contributed by atoms with Gasteiger partial charge in [-0.15, -0.1) is 5.10 Å². The SMILES string of the molecule is COc1cc(C=NN=C2NC(=O)C(CC(=O)O)S2)c(NC(C)=O)cc1OC. The first-order valence-corrected chi connectivity index (χ1v) is 8.56. The molecule has 0 aromatic heterocycles. The number of rotatable bonds is 7. The fraction of sp³-hybridized carbons (Fsp3) is 0.312. The van der Waals surface area contributed by atoms with Crippen LogP contribution in [0, 0.1) is 0 Å². The van der Waals surface area contributed by atoms with E-state index in [1.165, 1.54) is 27.4 Å². The Morgan fingerprint density at radius 2 is 2.00 bits per heavy atom. The number of anilines is 1. The third-order valence-corrected chi connectivity index (χ3v) is 4.42. The zero-order chi connectivity index (χ0) is 20.0. The maximum atomic E-state index is 11.7. The molecule has 2 amide bonds. The summed E-state index contributed by atoms with van der Waals surface area (Å²) in [6, 6.07) is 3.20. The van der Waals surface area contributed by atoms with Gasteiger partial charge in [-0.25, -0.2) is 0 Å². The van der Waals surface area contributed by atoms with E-state index in [1.807, 2.05) is 0 Å². The molecule has 0 radical (unpaired) electrons. The lowest BCUT2D eigenvalue weighted by Crippen LogP contribution is -2.26. The van der Waals surface area contributed by atoms with Crippen LogP contribution < -0.4 is 20.1 Å². The minimum Gasteiger partial charge on any atom is -0.493 e. The average molecular weight is 394 g/mol.